The van der Waals surface area contributed by atoms with Gasteiger partial charge in [0.2, 0.25) is 0 Å². The average Bonchev–Trinajstić information content (AvgIpc) is 3.88. The molecule has 12 aromatic rings. The third-order valence-electron chi connectivity index (χ3n) is 12.8. The maximum absolute atomic E-state index is 16.8. The van der Waals surface area contributed by atoms with Crippen molar-refractivity contribution in [2.45, 2.75) is 6.18 Å². The molecule has 0 atom stereocenters. The molecule has 4 aromatic heterocycles. The number of alkyl halides is 3. The number of fused-ring (bicyclic) bond motifs is 6. The van der Waals surface area contributed by atoms with Gasteiger partial charge in [0.05, 0.1) is 56.0 Å². The second-order valence-electron chi connectivity index (χ2n) is 16.7. The van der Waals surface area contributed by atoms with Gasteiger partial charge in [0.15, 0.2) is 0 Å². The molecule has 0 saturated heterocycles. The van der Waals surface area contributed by atoms with Crippen LogP contribution in [-0.2, 0) is 6.18 Å². The topological polar surface area (TPSA) is 35.6 Å². The van der Waals surface area contributed by atoms with Crippen molar-refractivity contribution in [3.05, 3.63) is 230 Å². The molecule has 12 rings (SSSR count). The highest BCUT2D eigenvalue weighted by atomic mass is 19.4. The fourth-order valence-corrected chi connectivity index (χ4v) is 9.69. The van der Waals surface area contributed by atoms with Crippen molar-refractivity contribution in [2.75, 3.05) is 0 Å². The quantitative estimate of drug-likeness (QED) is 0.149. The van der Waals surface area contributed by atoms with E-state index in [9.17, 15) is 0 Å². The van der Waals surface area contributed by atoms with Crippen molar-refractivity contribution >= 4 is 43.6 Å². The van der Waals surface area contributed by atoms with Gasteiger partial charge in [-0.05, 0) is 95.1 Å². The molecule has 0 aliphatic rings. The summed E-state index contributed by atoms with van der Waals surface area (Å²) in [5, 5.41) is 2.99. The van der Waals surface area contributed by atoms with Gasteiger partial charge in [-0.3, -0.25) is 9.97 Å². The molecule has 0 N–H and O–H groups in total. The molecule has 0 saturated carbocycles. The Kier molecular flexibility index (Phi) is 9.62. The second kappa shape index (κ2) is 16.0. The van der Waals surface area contributed by atoms with Crippen LogP contribution in [0.25, 0.3) is 111 Å². The number of hydrogen-bond acceptors (Lipinski definition) is 2. The Morgan fingerprint density at radius 2 is 0.750 bits per heavy atom. The van der Waals surface area contributed by atoms with Crippen LogP contribution >= 0.6 is 0 Å². The zero-order chi connectivity index (χ0) is 46.1. The SMILES string of the molecule is Fc1cccc(F)c1-c1c(-n2c3ccccc3c3ccc(-c4ccnc(-c5ccccc5)c4)cc32)cc(C(F)(F)F)cc1-n1c2ccccc2c2ccc(-c3ccnc(-c4ccccc4)c3)cc21. The van der Waals surface area contributed by atoms with Gasteiger partial charge >= 0.3 is 6.18 Å². The summed E-state index contributed by atoms with van der Waals surface area (Å²) in [6, 6.07) is 59.3. The molecule has 0 aliphatic heterocycles. The molecular formula is C59H35F5N4. The van der Waals surface area contributed by atoms with E-state index in [0.29, 0.717) is 22.1 Å². The van der Waals surface area contributed by atoms with E-state index in [-0.39, 0.29) is 16.9 Å². The summed E-state index contributed by atoms with van der Waals surface area (Å²) in [6.07, 6.45) is -1.42. The maximum Gasteiger partial charge on any atom is 0.416 e. The van der Waals surface area contributed by atoms with Gasteiger partial charge in [-0.15, -0.1) is 0 Å². The van der Waals surface area contributed by atoms with Crippen molar-refractivity contribution in [2.24, 2.45) is 0 Å². The second-order valence-corrected chi connectivity index (χ2v) is 16.7. The van der Waals surface area contributed by atoms with Gasteiger partial charge in [0, 0.05) is 50.6 Å². The Morgan fingerprint density at radius 3 is 1.21 bits per heavy atom. The summed E-state index contributed by atoms with van der Waals surface area (Å²) in [7, 11) is 0. The number of rotatable bonds is 7. The lowest BCUT2D eigenvalue weighted by Gasteiger charge is -2.23. The van der Waals surface area contributed by atoms with E-state index < -0.39 is 28.9 Å². The van der Waals surface area contributed by atoms with Crippen LogP contribution in [0.2, 0.25) is 0 Å². The maximum atomic E-state index is 16.8. The monoisotopic (exact) mass is 894 g/mol. The third kappa shape index (κ3) is 6.81. The molecule has 68 heavy (non-hydrogen) atoms. The van der Waals surface area contributed by atoms with Crippen LogP contribution in [0.4, 0.5) is 22.0 Å². The minimum Gasteiger partial charge on any atom is -0.308 e. The predicted molar refractivity (Wildman–Crippen MR) is 263 cm³/mol. The molecule has 326 valence electrons. The van der Waals surface area contributed by atoms with E-state index >= 15 is 22.0 Å². The molecule has 0 bridgehead atoms. The number of benzene rings is 8. The Labute approximate surface area is 386 Å². The van der Waals surface area contributed by atoms with E-state index in [0.717, 1.165) is 90.6 Å². The van der Waals surface area contributed by atoms with Gasteiger partial charge in [-0.2, -0.15) is 13.2 Å². The van der Waals surface area contributed by atoms with Gasteiger partial charge in [0.25, 0.3) is 0 Å². The molecule has 8 aromatic carbocycles. The van der Waals surface area contributed by atoms with Crippen LogP contribution < -0.4 is 0 Å². The van der Waals surface area contributed by atoms with Crippen molar-refractivity contribution in [3.8, 4) is 67.3 Å². The van der Waals surface area contributed by atoms with Crippen LogP contribution in [0.5, 0.6) is 0 Å². The van der Waals surface area contributed by atoms with E-state index in [4.69, 9.17) is 0 Å². The van der Waals surface area contributed by atoms with Crippen molar-refractivity contribution in [3.63, 3.8) is 0 Å². The smallest absolute Gasteiger partial charge is 0.308 e. The standard InChI is InChI=1S/C59H35F5N4/c60-47-18-11-19-48(61)57(47)58-55(67-51-20-9-7-16-43(51)45-24-22-38(32-53(45)67)40-26-28-65-49(30-40)36-12-3-1-4-13-36)34-42(59(62,63)64)35-56(58)68-52-21-10-8-17-44(52)46-25-23-39(33-54(46)68)41-27-29-66-50(31-41)37-14-5-2-6-15-37/h1-35H. The minimum atomic E-state index is -4.88. The summed E-state index contributed by atoms with van der Waals surface area (Å²) < 4.78 is 84.2. The predicted octanol–water partition coefficient (Wildman–Crippen LogP) is 16.3. The van der Waals surface area contributed by atoms with Crippen molar-refractivity contribution in [1.82, 2.24) is 19.1 Å². The largest absolute Gasteiger partial charge is 0.416 e. The molecule has 0 amide bonds. The number of aromatic nitrogens is 4. The van der Waals surface area contributed by atoms with E-state index in [2.05, 4.69) is 9.97 Å². The average molecular weight is 895 g/mol. The van der Waals surface area contributed by atoms with Gasteiger partial charge < -0.3 is 9.13 Å². The molecule has 0 aliphatic carbocycles. The highest BCUT2D eigenvalue weighted by molar-refractivity contribution is 6.13. The Morgan fingerprint density at radius 1 is 0.338 bits per heavy atom. The summed E-state index contributed by atoms with van der Waals surface area (Å²) in [5.41, 5.74) is 7.13. The molecular weight excluding hydrogens is 860 g/mol. The highest BCUT2D eigenvalue weighted by Crippen LogP contribution is 2.47. The van der Waals surface area contributed by atoms with Crippen LogP contribution in [0.1, 0.15) is 5.56 Å². The molecule has 0 unspecified atom stereocenters. The first-order valence-electron chi connectivity index (χ1n) is 22.0. The highest BCUT2D eigenvalue weighted by Gasteiger charge is 2.35. The number of hydrogen-bond donors (Lipinski definition) is 0. The molecule has 0 radical (unpaired) electrons. The van der Waals surface area contributed by atoms with Gasteiger partial charge in [-0.1, -0.05) is 127 Å². The minimum absolute atomic E-state index is 0.0504. The number of nitrogens with zero attached hydrogens (tertiary/aromatic N) is 4. The molecule has 0 fully saturated rings. The Balaban J connectivity index is 1.19. The van der Waals surface area contributed by atoms with Crippen molar-refractivity contribution < 1.29 is 22.0 Å². The lowest BCUT2D eigenvalue weighted by atomic mass is 9.96. The van der Waals surface area contributed by atoms with Crippen LogP contribution in [0.3, 0.4) is 0 Å². The fourth-order valence-electron chi connectivity index (χ4n) is 9.69. The lowest BCUT2D eigenvalue weighted by Crippen LogP contribution is -2.12. The lowest BCUT2D eigenvalue weighted by molar-refractivity contribution is -0.137. The third-order valence-corrected chi connectivity index (χ3v) is 12.8. The fraction of sp³-hybridized carbons (Fsp3) is 0.0169. The van der Waals surface area contributed by atoms with E-state index in [1.165, 1.54) is 6.07 Å². The molecule has 0 spiro atoms. The summed E-state index contributed by atoms with van der Waals surface area (Å²) in [6.45, 7) is 0. The zero-order valence-corrected chi connectivity index (χ0v) is 35.9. The first-order chi connectivity index (χ1) is 33.2. The Bertz CT molecular complexity index is 3690. The van der Waals surface area contributed by atoms with Crippen LogP contribution in [0.15, 0.2) is 213 Å². The summed E-state index contributed by atoms with van der Waals surface area (Å²) in [5.74, 6) is -1.85. The first kappa shape index (κ1) is 40.8. The van der Waals surface area contributed by atoms with E-state index in [1.54, 1.807) is 21.5 Å². The summed E-state index contributed by atoms with van der Waals surface area (Å²) in [4.78, 5) is 9.24. The van der Waals surface area contributed by atoms with Crippen LogP contribution in [0, 0.1) is 11.6 Å². The first-order valence-corrected chi connectivity index (χ1v) is 22.0. The number of para-hydroxylation sites is 2. The van der Waals surface area contributed by atoms with Gasteiger partial charge in [0.1, 0.15) is 11.6 Å². The zero-order valence-electron chi connectivity index (χ0n) is 35.9. The normalized spacial score (nSPS) is 11.9. The molecule has 4 heterocycles. The van der Waals surface area contributed by atoms with E-state index in [1.807, 2.05) is 170 Å². The van der Waals surface area contributed by atoms with Gasteiger partial charge in [-0.25, -0.2) is 8.78 Å². The summed E-state index contributed by atoms with van der Waals surface area (Å²) >= 11 is 0. The molecule has 9 heteroatoms. The van der Waals surface area contributed by atoms with Crippen LogP contribution in [-0.4, -0.2) is 19.1 Å². The molecule has 4 nitrogen and oxygen atoms in total. The van der Waals surface area contributed by atoms with Crippen molar-refractivity contribution in [1.29, 1.82) is 0 Å². The number of pyridine rings is 2. The number of halogens is 5. The Hall–Kier alpha value is -8.69.